The van der Waals surface area contributed by atoms with Crippen LogP contribution < -0.4 is 16.4 Å². The fourth-order valence-corrected chi connectivity index (χ4v) is 6.42. The molecule has 0 spiro atoms. The number of aliphatic hydroxyl groups is 1. The van der Waals surface area contributed by atoms with Crippen LogP contribution in [-0.2, 0) is 32.2 Å². The molecule has 3 aromatic carbocycles. The number of amides is 2. The number of nitrogens with zero attached hydrogens (tertiary/aromatic N) is 1. The molecule has 1 saturated carbocycles. The van der Waals surface area contributed by atoms with Gasteiger partial charge < -0.3 is 30.9 Å². The summed E-state index contributed by atoms with van der Waals surface area (Å²) in [5.41, 5.74) is 10.8. The first-order chi connectivity index (χ1) is 22.9. The van der Waals surface area contributed by atoms with E-state index in [1.54, 1.807) is 12.1 Å². The highest BCUT2D eigenvalue weighted by Crippen LogP contribution is 2.39. The van der Waals surface area contributed by atoms with Crippen LogP contribution in [0.5, 0.6) is 0 Å². The molecule has 47 heavy (non-hydrogen) atoms. The highest BCUT2D eigenvalue weighted by molar-refractivity contribution is 5.93. The molecular formula is C38H48N4O5. The molecule has 0 bridgehead atoms. The van der Waals surface area contributed by atoms with Gasteiger partial charge in [0.15, 0.2) is 6.29 Å². The monoisotopic (exact) mass is 640 g/mol. The van der Waals surface area contributed by atoms with Crippen LogP contribution in [0.15, 0.2) is 85.5 Å². The number of benzene rings is 3. The van der Waals surface area contributed by atoms with E-state index in [-0.39, 0.29) is 43.5 Å². The molecule has 0 aromatic heterocycles. The van der Waals surface area contributed by atoms with Crippen molar-refractivity contribution in [1.29, 1.82) is 0 Å². The summed E-state index contributed by atoms with van der Waals surface area (Å²) in [7, 11) is 0. The van der Waals surface area contributed by atoms with Crippen LogP contribution in [0.25, 0.3) is 0 Å². The van der Waals surface area contributed by atoms with Crippen molar-refractivity contribution in [2.75, 3.05) is 24.1 Å². The summed E-state index contributed by atoms with van der Waals surface area (Å²) < 4.78 is 13.1. The minimum atomic E-state index is -0.536. The molecule has 1 heterocycles. The molecule has 5 N–H and O–H groups in total. The fraction of sp³-hybridized carbons (Fsp3) is 0.421. The number of aliphatic hydroxyl groups excluding tert-OH is 1. The predicted octanol–water partition coefficient (Wildman–Crippen LogP) is 6.16. The first-order valence-electron chi connectivity index (χ1n) is 16.8. The molecule has 2 aliphatic rings. The van der Waals surface area contributed by atoms with E-state index in [0.29, 0.717) is 30.4 Å². The number of anilines is 2. The fourth-order valence-electron chi connectivity index (χ4n) is 6.42. The van der Waals surface area contributed by atoms with E-state index in [4.69, 9.17) is 15.2 Å². The zero-order chi connectivity index (χ0) is 33.0. The maximum atomic E-state index is 12.5. The molecule has 9 nitrogen and oxygen atoms in total. The third kappa shape index (κ3) is 9.98. The lowest BCUT2D eigenvalue weighted by molar-refractivity contribution is -0.253. The van der Waals surface area contributed by atoms with Crippen molar-refractivity contribution in [3.8, 4) is 0 Å². The Morgan fingerprint density at radius 1 is 0.915 bits per heavy atom. The van der Waals surface area contributed by atoms with E-state index in [1.807, 2.05) is 66.7 Å². The number of carbonyl (C=O) groups excluding carboxylic acids is 2. The van der Waals surface area contributed by atoms with Crippen LogP contribution in [-0.4, -0.2) is 47.1 Å². The van der Waals surface area contributed by atoms with Crippen LogP contribution in [0.1, 0.15) is 86.0 Å². The van der Waals surface area contributed by atoms with Gasteiger partial charge in [-0.15, -0.1) is 6.58 Å². The average molecular weight is 641 g/mol. The number of ether oxygens (including phenoxy) is 2. The number of para-hydroxylation sites is 2. The van der Waals surface area contributed by atoms with Gasteiger partial charge in [-0.25, -0.2) is 0 Å². The largest absolute Gasteiger partial charge is 0.397 e. The molecule has 0 radical (unpaired) electrons. The molecular weight excluding hydrogens is 592 g/mol. The zero-order valence-corrected chi connectivity index (χ0v) is 27.1. The second-order valence-electron chi connectivity index (χ2n) is 12.5. The number of rotatable bonds is 15. The minimum Gasteiger partial charge on any atom is -0.397 e. The predicted molar refractivity (Wildman–Crippen MR) is 184 cm³/mol. The maximum absolute atomic E-state index is 12.5. The molecule has 1 aliphatic heterocycles. The quantitative estimate of drug-likeness (QED) is 0.116. The van der Waals surface area contributed by atoms with Gasteiger partial charge in [-0.2, -0.15) is 0 Å². The van der Waals surface area contributed by atoms with E-state index < -0.39 is 6.29 Å². The molecule has 1 saturated heterocycles. The number of hydrogen-bond acceptors (Lipinski definition) is 7. The Bertz CT molecular complexity index is 1460. The second-order valence-corrected chi connectivity index (χ2v) is 12.5. The lowest BCUT2D eigenvalue weighted by Crippen LogP contribution is -2.43. The number of nitrogen functional groups attached to an aromatic ring is 1. The van der Waals surface area contributed by atoms with Crippen molar-refractivity contribution in [3.63, 3.8) is 0 Å². The number of carbonyl (C=O) groups is 2. The highest BCUT2D eigenvalue weighted by Gasteiger charge is 2.34. The number of nitrogens with one attached hydrogen (secondary N) is 2. The SMILES string of the molecule is C=CCN(CC1CC(c2ccc(CO)cc2)OC(c2ccc(CNC(=O)CCCC(=O)Nc3ccccc3N)cc2)O1)C1CCCC1. The molecule has 2 fully saturated rings. The van der Waals surface area contributed by atoms with Gasteiger partial charge in [0.25, 0.3) is 0 Å². The highest BCUT2D eigenvalue weighted by atomic mass is 16.7. The average Bonchev–Trinajstić information content (AvgIpc) is 3.64. The molecule has 3 aromatic rings. The Labute approximate surface area is 278 Å². The van der Waals surface area contributed by atoms with Crippen LogP contribution in [0.2, 0.25) is 0 Å². The summed E-state index contributed by atoms with van der Waals surface area (Å²) in [5.74, 6) is -0.277. The van der Waals surface area contributed by atoms with Crippen LogP contribution in [0.4, 0.5) is 11.4 Å². The topological polar surface area (TPSA) is 126 Å². The van der Waals surface area contributed by atoms with Crippen molar-refractivity contribution in [2.45, 2.75) is 89.1 Å². The van der Waals surface area contributed by atoms with E-state index in [0.717, 1.165) is 41.8 Å². The normalized spacial score (nSPS) is 19.8. The number of nitrogens with two attached hydrogens (primary N) is 1. The first kappa shape index (κ1) is 34.3. The van der Waals surface area contributed by atoms with Gasteiger partial charge in [-0.1, -0.05) is 79.6 Å². The van der Waals surface area contributed by atoms with Crippen molar-refractivity contribution >= 4 is 23.2 Å². The van der Waals surface area contributed by atoms with Crippen molar-refractivity contribution in [3.05, 3.63) is 108 Å². The third-order valence-corrected chi connectivity index (χ3v) is 9.04. The van der Waals surface area contributed by atoms with Crippen molar-refractivity contribution in [2.24, 2.45) is 0 Å². The lowest BCUT2D eigenvalue weighted by Gasteiger charge is -2.39. The van der Waals surface area contributed by atoms with E-state index in [2.05, 4.69) is 22.1 Å². The van der Waals surface area contributed by atoms with E-state index in [1.165, 1.54) is 25.7 Å². The van der Waals surface area contributed by atoms with Gasteiger partial charge in [0, 0.05) is 50.5 Å². The maximum Gasteiger partial charge on any atom is 0.224 e. The molecule has 1 aliphatic carbocycles. The lowest BCUT2D eigenvalue weighted by atomic mass is 9.99. The van der Waals surface area contributed by atoms with Crippen LogP contribution in [0.3, 0.4) is 0 Å². The first-order valence-corrected chi connectivity index (χ1v) is 16.8. The Hall–Kier alpha value is -4.02. The van der Waals surface area contributed by atoms with Gasteiger partial charge in [0.2, 0.25) is 11.8 Å². The summed E-state index contributed by atoms with van der Waals surface area (Å²) in [6.07, 6.45) is 7.90. The van der Waals surface area contributed by atoms with E-state index >= 15 is 0 Å². The second kappa shape index (κ2) is 17.2. The molecule has 5 rings (SSSR count). The summed E-state index contributed by atoms with van der Waals surface area (Å²) in [6, 6.07) is 23.6. The van der Waals surface area contributed by atoms with Gasteiger partial charge in [-0.3, -0.25) is 14.5 Å². The van der Waals surface area contributed by atoms with Crippen molar-refractivity contribution < 1.29 is 24.2 Å². The molecule has 2 amide bonds. The van der Waals surface area contributed by atoms with Crippen LogP contribution >= 0.6 is 0 Å². The number of hydrogen-bond donors (Lipinski definition) is 4. The minimum absolute atomic E-state index is 0.00666. The summed E-state index contributed by atoms with van der Waals surface area (Å²) in [5, 5.41) is 15.3. The standard InChI is InChI=1S/C38H48N4O5/c1-2-22-42(31-8-3-4-9-31)25-32-23-35(29-18-16-28(26-43)17-19-29)47-38(46-32)30-20-14-27(15-21-30)24-40-36(44)12-7-13-37(45)41-34-11-6-5-10-33(34)39/h2,5-6,10-11,14-21,31-32,35,38,43H,1,3-4,7-9,12-13,22-26,39H2,(H,40,44)(H,41,45). The Morgan fingerprint density at radius 2 is 1.60 bits per heavy atom. The summed E-state index contributed by atoms with van der Waals surface area (Å²) >= 11 is 0. The van der Waals surface area contributed by atoms with Crippen molar-refractivity contribution in [1.82, 2.24) is 10.2 Å². The van der Waals surface area contributed by atoms with Gasteiger partial charge in [-0.05, 0) is 48.1 Å². The van der Waals surface area contributed by atoms with Gasteiger partial charge in [0.1, 0.15) is 0 Å². The smallest absolute Gasteiger partial charge is 0.224 e. The molecule has 9 heteroatoms. The summed E-state index contributed by atoms with van der Waals surface area (Å²) in [4.78, 5) is 27.2. The Balaban J connectivity index is 1.15. The Kier molecular flexibility index (Phi) is 12.6. The van der Waals surface area contributed by atoms with Crippen LogP contribution in [0, 0.1) is 0 Å². The third-order valence-electron chi connectivity index (χ3n) is 9.04. The van der Waals surface area contributed by atoms with E-state index in [9.17, 15) is 14.7 Å². The zero-order valence-electron chi connectivity index (χ0n) is 27.1. The Morgan fingerprint density at radius 3 is 2.30 bits per heavy atom. The molecule has 3 atom stereocenters. The van der Waals surface area contributed by atoms with Gasteiger partial charge in [0.05, 0.1) is 30.2 Å². The molecule has 3 unspecified atom stereocenters. The summed E-state index contributed by atoms with van der Waals surface area (Å²) in [6.45, 7) is 6.05. The molecule has 250 valence electrons. The van der Waals surface area contributed by atoms with Gasteiger partial charge >= 0.3 is 0 Å².